The monoisotopic (exact) mass is 423 g/mol. The zero-order chi connectivity index (χ0) is 15.6. The van der Waals surface area contributed by atoms with Gasteiger partial charge in [0.1, 0.15) is 0 Å². The highest BCUT2D eigenvalue weighted by Gasteiger charge is 2.14. The number of aromatic nitrogens is 1. The Labute approximate surface area is 150 Å². The average Bonchev–Trinajstić information content (AvgIpc) is 2.82. The predicted octanol–water partition coefficient (Wildman–Crippen LogP) is 6.79. The van der Waals surface area contributed by atoms with Gasteiger partial charge in [0.05, 0.1) is 11.0 Å². The molecule has 0 fully saturated rings. The first kappa shape index (κ1) is 13.6. The molecule has 1 heterocycles. The maximum atomic E-state index is 3.60. The van der Waals surface area contributed by atoms with Crippen LogP contribution in [0.1, 0.15) is 11.1 Å². The highest BCUT2D eigenvalue weighted by Crippen LogP contribution is 2.36. The first-order valence-electron chi connectivity index (χ1n) is 7.42. The second-order valence-electron chi connectivity index (χ2n) is 5.80. The SMILES string of the molecule is Brc1ccc2c(c1)c1cc(Br)ccc1n2-c1ccc2c(c1)C=C2. The van der Waals surface area contributed by atoms with E-state index < -0.39 is 0 Å². The van der Waals surface area contributed by atoms with Crippen molar-refractivity contribution in [2.24, 2.45) is 0 Å². The van der Waals surface area contributed by atoms with Crippen molar-refractivity contribution in [3.05, 3.63) is 74.7 Å². The largest absolute Gasteiger partial charge is 0.309 e. The van der Waals surface area contributed by atoms with E-state index in [0.29, 0.717) is 0 Å². The third-order valence-electron chi connectivity index (χ3n) is 4.46. The smallest absolute Gasteiger partial charge is 0.0541 e. The summed E-state index contributed by atoms with van der Waals surface area (Å²) in [5.74, 6) is 0. The van der Waals surface area contributed by atoms with Gasteiger partial charge in [-0.1, -0.05) is 50.1 Å². The molecule has 1 nitrogen and oxygen atoms in total. The van der Waals surface area contributed by atoms with Crippen LogP contribution in [-0.4, -0.2) is 4.57 Å². The molecule has 0 amide bonds. The zero-order valence-corrected chi connectivity index (χ0v) is 15.2. The summed E-state index contributed by atoms with van der Waals surface area (Å²) in [6.07, 6.45) is 4.32. The summed E-state index contributed by atoms with van der Waals surface area (Å²) in [6, 6.07) is 19.6. The molecule has 1 aromatic heterocycles. The molecule has 0 atom stereocenters. The fraction of sp³-hybridized carbons (Fsp3) is 0. The van der Waals surface area contributed by atoms with Gasteiger partial charge in [0.2, 0.25) is 0 Å². The van der Waals surface area contributed by atoms with E-state index in [4.69, 9.17) is 0 Å². The van der Waals surface area contributed by atoms with Crippen LogP contribution in [0.15, 0.2) is 63.5 Å². The van der Waals surface area contributed by atoms with Crippen molar-refractivity contribution in [3.8, 4) is 5.69 Å². The minimum absolute atomic E-state index is 1.10. The lowest BCUT2D eigenvalue weighted by molar-refractivity contribution is 1.17. The highest BCUT2D eigenvalue weighted by molar-refractivity contribution is 9.10. The molecular weight excluding hydrogens is 414 g/mol. The third kappa shape index (κ3) is 1.97. The lowest BCUT2D eigenvalue weighted by atomic mass is 9.97. The number of hydrogen-bond acceptors (Lipinski definition) is 0. The molecule has 1 aliphatic carbocycles. The van der Waals surface area contributed by atoms with Gasteiger partial charge in [0, 0.05) is 25.4 Å². The molecule has 0 radical (unpaired) electrons. The number of halogens is 2. The Morgan fingerprint density at radius 2 is 1.22 bits per heavy atom. The van der Waals surface area contributed by atoms with Gasteiger partial charge in [-0.3, -0.25) is 0 Å². The summed E-state index contributed by atoms with van der Waals surface area (Å²) in [7, 11) is 0. The van der Waals surface area contributed by atoms with Crippen molar-refractivity contribution in [1.29, 1.82) is 0 Å². The van der Waals surface area contributed by atoms with Gasteiger partial charge < -0.3 is 4.57 Å². The van der Waals surface area contributed by atoms with Crippen molar-refractivity contribution >= 4 is 65.8 Å². The summed E-state index contributed by atoms with van der Waals surface area (Å²) in [5, 5.41) is 2.52. The summed E-state index contributed by atoms with van der Waals surface area (Å²) < 4.78 is 4.55. The Kier molecular flexibility index (Phi) is 2.85. The van der Waals surface area contributed by atoms with E-state index in [1.54, 1.807) is 0 Å². The van der Waals surface area contributed by atoms with Crippen LogP contribution in [0.5, 0.6) is 0 Å². The van der Waals surface area contributed by atoms with Gasteiger partial charge >= 0.3 is 0 Å². The van der Waals surface area contributed by atoms with E-state index in [1.807, 2.05) is 0 Å². The normalized spacial score (nSPS) is 12.6. The van der Waals surface area contributed by atoms with Crippen LogP contribution in [0.3, 0.4) is 0 Å². The first-order chi connectivity index (χ1) is 11.2. The maximum absolute atomic E-state index is 3.60. The summed E-state index contributed by atoms with van der Waals surface area (Å²) >= 11 is 7.20. The van der Waals surface area contributed by atoms with Crippen LogP contribution in [0.2, 0.25) is 0 Å². The molecule has 0 saturated carbocycles. The average molecular weight is 425 g/mol. The van der Waals surface area contributed by atoms with E-state index >= 15 is 0 Å². The van der Waals surface area contributed by atoms with Gasteiger partial charge in [-0.25, -0.2) is 0 Å². The molecule has 3 aromatic carbocycles. The topological polar surface area (TPSA) is 4.93 Å². The molecule has 110 valence electrons. The van der Waals surface area contributed by atoms with Crippen LogP contribution in [0.4, 0.5) is 0 Å². The van der Waals surface area contributed by atoms with Gasteiger partial charge in [-0.15, -0.1) is 0 Å². The second kappa shape index (κ2) is 4.83. The minimum Gasteiger partial charge on any atom is -0.309 e. The molecule has 23 heavy (non-hydrogen) atoms. The van der Waals surface area contributed by atoms with E-state index in [0.717, 1.165) is 8.95 Å². The zero-order valence-electron chi connectivity index (χ0n) is 12.1. The second-order valence-corrected chi connectivity index (χ2v) is 7.64. The number of benzene rings is 3. The molecule has 0 saturated heterocycles. The van der Waals surface area contributed by atoms with E-state index in [1.165, 1.54) is 38.6 Å². The van der Waals surface area contributed by atoms with Crippen molar-refractivity contribution in [3.63, 3.8) is 0 Å². The van der Waals surface area contributed by atoms with Crippen LogP contribution < -0.4 is 0 Å². The van der Waals surface area contributed by atoms with Gasteiger partial charge in [0.25, 0.3) is 0 Å². The molecule has 1 aliphatic rings. The molecule has 3 heteroatoms. The Morgan fingerprint density at radius 1 is 0.609 bits per heavy atom. The molecule has 4 aromatic rings. The molecular formula is C20H11Br2N. The van der Waals surface area contributed by atoms with Gasteiger partial charge in [-0.2, -0.15) is 0 Å². The Morgan fingerprint density at radius 3 is 1.74 bits per heavy atom. The van der Waals surface area contributed by atoms with Crippen molar-refractivity contribution < 1.29 is 0 Å². The first-order valence-corrected chi connectivity index (χ1v) is 9.01. The van der Waals surface area contributed by atoms with Gasteiger partial charge in [0.15, 0.2) is 0 Å². The fourth-order valence-electron chi connectivity index (χ4n) is 3.33. The molecule has 0 N–H and O–H groups in total. The van der Waals surface area contributed by atoms with E-state index in [9.17, 15) is 0 Å². The van der Waals surface area contributed by atoms with Crippen LogP contribution in [0.25, 0.3) is 39.6 Å². The molecule has 0 bridgehead atoms. The number of nitrogens with zero attached hydrogens (tertiary/aromatic N) is 1. The standard InChI is InChI=1S/C20H11Br2N/c21-14-4-7-19-17(10-14)18-11-15(22)5-8-20(18)23(19)16-6-3-12-1-2-13(12)9-16/h1-11H. The summed E-state index contributed by atoms with van der Waals surface area (Å²) in [5.41, 5.74) is 6.29. The van der Waals surface area contributed by atoms with E-state index in [2.05, 4.69) is 103 Å². The lowest BCUT2D eigenvalue weighted by Gasteiger charge is -2.14. The Bertz CT molecular complexity index is 1080. The van der Waals surface area contributed by atoms with Gasteiger partial charge in [-0.05, 0) is 59.7 Å². The van der Waals surface area contributed by atoms with Crippen molar-refractivity contribution in [2.45, 2.75) is 0 Å². The van der Waals surface area contributed by atoms with E-state index in [-0.39, 0.29) is 0 Å². The van der Waals surface area contributed by atoms with Crippen LogP contribution in [-0.2, 0) is 0 Å². The van der Waals surface area contributed by atoms with Crippen molar-refractivity contribution in [2.75, 3.05) is 0 Å². The predicted molar refractivity (Wildman–Crippen MR) is 105 cm³/mol. The quantitative estimate of drug-likeness (QED) is 0.279. The number of rotatable bonds is 1. The third-order valence-corrected chi connectivity index (χ3v) is 5.45. The fourth-order valence-corrected chi connectivity index (χ4v) is 4.05. The molecule has 0 unspecified atom stereocenters. The lowest BCUT2D eigenvalue weighted by Crippen LogP contribution is -1.97. The Hall–Kier alpha value is -1.84. The summed E-state index contributed by atoms with van der Waals surface area (Å²) in [6.45, 7) is 0. The molecule has 0 aliphatic heterocycles. The molecule has 5 rings (SSSR count). The van der Waals surface area contributed by atoms with Crippen LogP contribution in [0, 0.1) is 0 Å². The summed E-state index contributed by atoms with van der Waals surface area (Å²) in [4.78, 5) is 0. The number of fused-ring (bicyclic) bond motifs is 4. The van der Waals surface area contributed by atoms with Crippen molar-refractivity contribution in [1.82, 2.24) is 4.57 Å². The minimum atomic E-state index is 1.10. The Balaban J connectivity index is 1.93. The highest BCUT2D eigenvalue weighted by atomic mass is 79.9. The maximum Gasteiger partial charge on any atom is 0.0541 e. The molecule has 0 spiro atoms. The number of hydrogen-bond donors (Lipinski definition) is 0. The van der Waals surface area contributed by atoms with Crippen LogP contribution >= 0.6 is 31.9 Å².